The Labute approximate surface area is 176 Å². The third-order valence-corrected chi connectivity index (χ3v) is 6.61. The summed E-state index contributed by atoms with van der Waals surface area (Å²) in [6.07, 6.45) is -1.40. The van der Waals surface area contributed by atoms with Gasteiger partial charge in [-0.15, -0.1) is 11.8 Å². The summed E-state index contributed by atoms with van der Waals surface area (Å²) in [6, 6.07) is 9.04. The third kappa shape index (κ3) is 3.63. The van der Waals surface area contributed by atoms with Crippen molar-refractivity contribution in [3.8, 4) is 0 Å². The number of thioether (sulfide) groups is 1. The van der Waals surface area contributed by atoms with Gasteiger partial charge in [-0.2, -0.15) is 0 Å². The number of hydrogen-bond donors (Lipinski definition) is 1. The number of aromatic nitrogens is 4. The van der Waals surface area contributed by atoms with Gasteiger partial charge in [0.25, 0.3) is 6.43 Å². The molecule has 3 aromatic rings. The summed E-state index contributed by atoms with van der Waals surface area (Å²) < 4.78 is 35.0. The highest BCUT2D eigenvalue weighted by Crippen LogP contribution is 2.34. The Balaban J connectivity index is 1.55. The predicted molar refractivity (Wildman–Crippen MR) is 112 cm³/mol. The number of anilines is 1. The zero-order valence-electron chi connectivity index (χ0n) is 16.2. The first-order valence-electron chi connectivity index (χ1n) is 9.97. The summed E-state index contributed by atoms with van der Waals surface area (Å²) in [5.41, 5.74) is 1.21. The van der Waals surface area contributed by atoms with Crippen LogP contribution < -0.4 is 10.2 Å². The molecule has 30 heavy (non-hydrogen) atoms. The molecular formula is C20H22F2N6OS. The molecule has 4 heterocycles. The number of imidazole rings is 1. The van der Waals surface area contributed by atoms with Crippen LogP contribution in [0.1, 0.15) is 29.5 Å². The van der Waals surface area contributed by atoms with E-state index in [4.69, 9.17) is 9.72 Å². The zero-order chi connectivity index (χ0) is 20.5. The van der Waals surface area contributed by atoms with Crippen molar-refractivity contribution < 1.29 is 13.5 Å². The smallest absolute Gasteiger partial charge is 0.295 e. The van der Waals surface area contributed by atoms with Gasteiger partial charge in [0.15, 0.2) is 5.82 Å². The van der Waals surface area contributed by atoms with E-state index in [-0.39, 0.29) is 17.7 Å². The highest BCUT2D eigenvalue weighted by atomic mass is 32.2. The Morgan fingerprint density at radius 2 is 2.10 bits per heavy atom. The van der Waals surface area contributed by atoms with Crippen molar-refractivity contribution >= 4 is 28.6 Å². The number of halogens is 2. The minimum atomic E-state index is -2.69. The maximum absolute atomic E-state index is 13.9. The van der Waals surface area contributed by atoms with Crippen LogP contribution in [0, 0.1) is 0 Å². The van der Waals surface area contributed by atoms with Crippen molar-refractivity contribution in [1.82, 2.24) is 24.8 Å². The van der Waals surface area contributed by atoms with Crippen LogP contribution in [-0.4, -0.2) is 58.1 Å². The first-order chi connectivity index (χ1) is 14.7. The molecule has 0 bridgehead atoms. The summed E-state index contributed by atoms with van der Waals surface area (Å²) in [5, 5.41) is 3.56. The summed E-state index contributed by atoms with van der Waals surface area (Å²) in [4.78, 5) is 15.5. The number of alkyl halides is 2. The molecule has 0 aliphatic carbocycles. The molecular weight excluding hydrogens is 410 g/mol. The quantitative estimate of drug-likeness (QED) is 0.679. The Morgan fingerprint density at radius 1 is 1.20 bits per heavy atom. The lowest BCUT2D eigenvalue weighted by atomic mass is 10.2. The molecule has 1 N–H and O–H groups in total. The van der Waals surface area contributed by atoms with Crippen LogP contribution in [0.25, 0.3) is 11.0 Å². The van der Waals surface area contributed by atoms with Crippen molar-refractivity contribution in [2.24, 2.45) is 0 Å². The number of rotatable bonds is 4. The van der Waals surface area contributed by atoms with Crippen LogP contribution in [0.2, 0.25) is 0 Å². The fourth-order valence-corrected chi connectivity index (χ4v) is 5.06. The lowest BCUT2D eigenvalue weighted by Gasteiger charge is -2.38. The van der Waals surface area contributed by atoms with Crippen molar-refractivity contribution in [2.75, 3.05) is 43.5 Å². The van der Waals surface area contributed by atoms with E-state index in [1.165, 1.54) is 0 Å². The highest BCUT2D eigenvalue weighted by molar-refractivity contribution is 7.99. The first-order valence-corrected chi connectivity index (χ1v) is 11.0. The van der Waals surface area contributed by atoms with Gasteiger partial charge < -0.3 is 15.0 Å². The standard InChI is InChI=1S/C20H22F2N6OS/c21-18(22)20-25-13-3-1-2-4-14(13)28(20)17-12-29-9-8-27(17)16-5-6-24-19(26-16)15-11-23-7-10-30-15/h1-6,15,17-18,23H,7-12H2. The van der Waals surface area contributed by atoms with Gasteiger partial charge in [0, 0.05) is 31.6 Å². The maximum atomic E-state index is 13.9. The molecule has 2 atom stereocenters. The number of para-hydroxylation sites is 2. The predicted octanol–water partition coefficient (Wildman–Crippen LogP) is 3.18. The van der Waals surface area contributed by atoms with Gasteiger partial charge in [0.05, 0.1) is 29.5 Å². The zero-order valence-corrected chi connectivity index (χ0v) is 17.1. The van der Waals surface area contributed by atoms with Crippen molar-refractivity contribution in [1.29, 1.82) is 0 Å². The van der Waals surface area contributed by atoms with E-state index < -0.39 is 12.6 Å². The Kier molecular flexibility index (Phi) is 5.53. The molecule has 1 aromatic carbocycles. The maximum Gasteiger partial charge on any atom is 0.295 e. The molecule has 7 nitrogen and oxygen atoms in total. The first kappa shape index (κ1) is 19.7. The van der Waals surface area contributed by atoms with Gasteiger partial charge in [0.1, 0.15) is 17.8 Å². The number of nitrogens with zero attached hydrogens (tertiary/aromatic N) is 5. The average Bonchev–Trinajstić information content (AvgIpc) is 3.20. The number of morpholine rings is 1. The van der Waals surface area contributed by atoms with E-state index in [1.54, 1.807) is 22.9 Å². The minimum Gasteiger partial charge on any atom is -0.375 e. The van der Waals surface area contributed by atoms with E-state index in [9.17, 15) is 8.78 Å². The normalized spacial score (nSPS) is 22.7. The van der Waals surface area contributed by atoms with Gasteiger partial charge >= 0.3 is 0 Å². The van der Waals surface area contributed by atoms with Crippen LogP contribution in [0.4, 0.5) is 14.6 Å². The van der Waals surface area contributed by atoms with E-state index in [0.717, 1.165) is 30.5 Å². The van der Waals surface area contributed by atoms with Gasteiger partial charge in [-0.25, -0.2) is 23.7 Å². The molecule has 2 unspecified atom stereocenters. The Bertz CT molecular complexity index is 1030. The third-order valence-electron chi connectivity index (χ3n) is 5.39. The molecule has 5 rings (SSSR count). The van der Waals surface area contributed by atoms with E-state index in [2.05, 4.69) is 15.3 Å². The lowest BCUT2D eigenvalue weighted by molar-refractivity contribution is 0.0653. The number of ether oxygens (including phenoxy) is 1. The molecule has 2 fully saturated rings. The number of benzene rings is 1. The molecule has 0 saturated carbocycles. The largest absolute Gasteiger partial charge is 0.375 e. The van der Waals surface area contributed by atoms with Crippen LogP contribution in [0.3, 0.4) is 0 Å². The summed E-state index contributed by atoms with van der Waals surface area (Å²) in [6.45, 7) is 3.14. The molecule has 0 radical (unpaired) electrons. The topological polar surface area (TPSA) is 68.1 Å². The van der Waals surface area contributed by atoms with Gasteiger partial charge in [0.2, 0.25) is 0 Å². The molecule has 2 aromatic heterocycles. The molecule has 10 heteroatoms. The Hall–Kier alpha value is -2.30. The summed E-state index contributed by atoms with van der Waals surface area (Å²) in [5.74, 6) is 2.24. The van der Waals surface area contributed by atoms with Crippen LogP contribution in [0.15, 0.2) is 36.5 Å². The second-order valence-corrected chi connectivity index (χ2v) is 8.53. The minimum absolute atomic E-state index is 0.184. The summed E-state index contributed by atoms with van der Waals surface area (Å²) in [7, 11) is 0. The van der Waals surface area contributed by atoms with E-state index in [0.29, 0.717) is 24.2 Å². The molecule has 2 aliphatic heterocycles. The molecule has 158 valence electrons. The van der Waals surface area contributed by atoms with Gasteiger partial charge in [-0.3, -0.25) is 4.57 Å². The average molecular weight is 433 g/mol. The Morgan fingerprint density at radius 3 is 2.93 bits per heavy atom. The second kappa shape index (κ2) is 8.44. The monoisotopic (exact) mass is 432 g/mol. The SMILES string of the molecule is FC(F)c1nc2ccccc2n1C1COCCN1c1ccnc(C2CNCCS2)n1. The van der Waals surface area contributed by atoms with Crippen LogP contribution in [-0.2, 0) is 4.74 Å². The van der Waals surface area contributed by atoms with Crippen LogP contribution in [0.5, 0.6) is 0 Å². The molecule has 0 amide bonds. The summed E-state index contributed by atoms with van der Waals surface area (Å²) >= 11 is 1.83. The molecule has 0 spiro atoms. The molecule has 2 aliphatic rings. The van der Waals surface area contributed by atoms with Crippen LogP contribution >= 0.6 is 11.8 Å². The van der Waals surface area contributed by atoms with E-state index >= 15 is 0 Å². The van der Waals surface area contributed by atoms with Crippen molar-refractivity contribution in [3.63, 3.8) is 0 Å². The highest BCUT2D eigenvalue weighted by Gasteiger charge is 2.32. The second-order valence-electron chi connectivity index (χ2n) is 7.21. The fraction of sp³-hybridized carbons (Fsp3) is 0.450. The number of hydrogen-bond acceptors (Lipinski definition) is 7. The number of nitrogens with one attached hydrogen (secondary N) is 1. The van der Waals surface area contributed by atoms with Crippen molar-refractivity contribution in [2.45, 2.75) is 17.8 Å². The fourth-order valence-electron chi connectivity index (χ4n) is 4.01. The lowest BCUT2D eigenvalue weighted by Crippen LogP contribution is -2.43. The van der Waals surface area contributed by atoms with Gasteiger partial charge in [-0.05, 0) is 18.2 Å². The van der Waals surface area contributed by atoms with Gasteiger partial charge in [-0.1, -0.05) is 12.1 Å². The van der Waals surface area contributed by atoms with E-state index in [1.807, 2.05) is 34.9 Å². The number of fused-ring (bicyclic) bond motifs is 1. The van der Waals surface area contributed by atoms with Crippen molar-refractivity contribution in [3.05, 3.63) is 48.2 Å². The molecule has 2 saturated heterocycles.